The van der Waals surface area contributed by atoms with Gasteiger partial charge in [0, 0.05) is 11.4 Å². The molecule has 0 saturated heterocycles. The monoisotopic (exact) mass is 418 g/mol. The van der Waals surface area contributed by atoms with E-state index in [1.165, 1.54) is 55.9 Å². The Kier molecular flexibility index (Phi) is 9.10. The first-order valence-electron chi connectivity index (χ1n) is 12.2. The first kappa shape index (κ1) is 24.9. The third kappa shape index (κ3) is 5.47. The number of anilines is 1. The lowest BCUT2D eigenvalue weighted by atomic mass is 9.86. The second kappa shape index (κ2) is 11.3. The average Bonchev–Trinajstić information content (AvgIpc) is 2.79. The van der Waals surface area contributed by atoms with Crippen molar-refractivity contribution in [3.8, 4) is 0 Å². The van der Waals surface area contributed by atoms with Crippen LogP contribution in [0.25, 0.3) is 5.57 Å². The Morgan fingerprint density at radius 3 is 1.45 bits per heavy atom. The maximum atomic E-state index is 6.46. The van der Waals surface area contributed by atoms with Crippen molar-refractivity contribution in [3.05, 3.63) is 63.2 Å². The summed E-state index contributed by atoms with van der Waals surface area (Å²) in [6.07, 6.45) is 5.89. The molecule has 0 radical (unpaired) electrons. The summed E-state index contributed by atoms with van der Waals surface area (Å²) in [5, 5.41) is 0. The average molecular weight is 419 g/mol. The maximum Gasteiger partial charge on any atom is 0.0693 e. The zero-order chi connectivity index (χ0) is 23.1. The van der Waals surface area contributed by atoms with E-state index in [-0.39, 0.29) is 0 Å². The van der Waals surface area contributed by atoms with E-state index >= 15 is 0 Å². The van der Waals surface area contributed by atoms with E-state index in [0.29, 0.717) is 0 Å². The second-order valence-corrected chi connectivity index (χ2v) is 8.47. The van der Waals surface area contributed by atoms with Crippen LogP contribution < -0.4 is 5.73 Å². The van der Waals surface area contributed by atoms with E-state index in [1.54, 1.807) is 0 Å². The SMILES string of the molecule is CCC(C)=Nc1c(CC)cc(C(=C(C)CC)c2cc(CC)c(N)c(CC)c2)cc1CC. The van der Waals surface area contributed by atoms with Crippen molar-refractivity contribution < 1.29 is 0 Å². The minimum absolute atomic E-state index is 0.954. The lowest BCUT2D eigenvalue weighted by Crippen LogP contribution is -2.03. The van der Waals surface area contributed by atoms with Crippen molar-refractivity contribution in [1.29, 1.82) is 0 Å². The Labute approximate surface area is 190 Å². The van der Waals surface area contributed by atoms with Gasteiger partial charge in [0.05, 0.1) is 5.69 Å². The van der Waals surface area contributed by atoms with E-state index in [4.69, 9.17) is 10.7 Å². The maximum absolute atomic E-state index is 6.46. The highest BCUT2D eigenvalue weighted by Crippen LogP contribution is 2.37. The molecule has 0 aliphatic heterocycles. The fourth-order valence-electron chi connectivity index (χ4n) is 4.20. The van der Waals surface area contributed by atoms with Gasteiger partial charge in [-0.25, -0.2) is 0 Å². The Balaban J connectivity index is 2.83. The second-order valence-electron chi connectivity index (χ2n) is 8.47. The number of rotatable bonds is 9. The number of aliphatic imine (C=N–C) groups is 1. The number of nitrogen functional groups attached to an aromatic ring is 1. The van der Waals surface area contributed by atoms with Gasteiger partial charge in [-0.1, -0.05) is 47.1 Å². The molecule has 0 aromatic heterocycles. The molecule has 0 bridgehead atoms. The molecule has 2 heteroatoms. The minimum Gasteiger partial charge on any atom is -0.398 e. The molecule has 2 N–H and O–H groups in total. The summed E-state index contributed by atoms with van der Waals surface area (Å²) >= 11 is 0. The Hall–Kier alpha value is -2.35. The van der Waals surface area contributed by atoms with Gasteiger partial charge in [-0.3, -0.25) is 4.99 Å². The largest absolute Gasteiger partial charge is 0.398 e. The summed E-state index contributed by atoms with van der Waals surface area (Å²) in [5.41, 5.74) is 20.4. The summed E-state index contributed by atoms with van der Waals surface area (Å²) in [6, 6.07) is 9.38. The van der Waals surface area contributed by atoms with Crippen LogP contribution in [0.5, 0.6) is 0 Å². The third-order valence-corrected chi connectivity index (χ3v) is 6.49. The Bertz CT molecular complexity index is 926. The predicted molar refractivity (Wildman–Crippen MR) is 140 cm³/mol. The van der Waals surface area contributed by atoms with E-state index < -0.39 is 0 Å². The van der Waals surface area contributed by atoms with Gasteiger partial charge in [-0.15, -0.1) is 0 Å². The van der Waals surface area contributed by atoms with Gasteiger partial charge in [-0.2, -0.15) is 0 Å². The van der Waals surface area contributed by atoms with E-state index in [2.05, 4.69) is 79.7 Å². The fraction of sp³-hybridized carbons (Fsp3) is 0.483. The molecule has 168 valence electrons. The normalized spacial score (nSPS) is 12.8. The lowest BCUT2D eigenvalue weighted by molar-refractivity contribution is 1.06. The lowest BCUT2D eigenvalue weighted by Gasteiger charge is -2.20. The standard InChI is InChI=1S/C29H42N2/c1-9-19(7)27(25-15-21(11-3)28(30)22(12-4)16-25)26-17-23(13-5)29(24(14-6)18-26)31-20(8)10-2/h15-18H,9-14,30H2,1-8H3. The Morgan fingerprint density at radius 1 is 0.677 bits per heavy atom. The summed E-state index contributed by atoms with van der Waals surface area (Å²) in [4.78, 5) is 5.01. The van der Waals surface area contributed by atoms with Crippen molar-refractivity contribution >= 4 is 22.7 Å². The highest BCUT2D eigenvalue weighted by Gasteiger charge is 2.16. The van der Waals surface area contributed by atoms with Crippen molar-refractivity contribution in [2.45, 2.75) is 93.9 Å². The van der Waals surface area contributed by atoms with E-state index in [1.807, 2.05) is 0 Å². The number of benzene rings is 2. The van der Waals surface area contributed by atoms with E-state index in [0.717, 1.165) is 44.2 Å². The molecular weight excluding hydrogens is 376 g/mol. The van der Waals surface area contributed by atoms with Crippen molar-refractivity contribution in [3.63, 3.8) is 0 Å². The van der Waals surface area contributed by atoms with Crippen LogP contribution in [-0.2, 0) is 25.7 Å². The summed E-state index contributed by atoms with van der Waals surface area (Å²) in [5.74, 6) is 0. The number of aryl methyl sites for hydroxylation is 4. The molecule has 31 heavy (non-hydrogen) atoms. The molecule has 2 aromatic carbocycles. The zero-order valence-corrected chi connectivity index (χ0v) is 21.1. The van der Waals surface area contributed by atoms with Gasteiger partial charge in [0.1, 0.15) is 0 Å². The van der Waals surface area contributed by atoms with Gasteiger partial charge in [-0.05, 0) is 116 Å². The molecule has 2 rings (SSSR count). The van der Waals surface area contributed by atoms with E-state index in [9.17, 15) is 0 Å². The van der Waals surface area contributed by atoms with Crippen LogP contribution in [0.15, 0.2) is 34.8 Å². The number of nitrogens with zero attached hydrogens (tertiary/aromatic N) is 1. The molecule has 2 aromatic rings. The van der Waals surface area contributed by atoms with Gasteiger partial charge in [0.2, 0.25) is 0 Å². The summed E-state index contributed by atoms with van der Waals surface area (Å²) in [7, 11) is 0. The van der Waals surface area contributed by atoms with Gasteiger partial charge < -0.3 is 5.73 Å². The minimum atomic E-state index is 0.954. The van der Waals surface area contributed by atoms with Crippen LogP contribution in [0.3, 0.4) is 0 Å². The van der Waals surface area contributed by atoms with Gasteiger partial charge >= 0.3 is 0 Å². The molecule has 0 spiro atoms. The topological polar surface area (TPSA) is 38.4 Å². The summed E-state index contributed by atoms with van der Waals surface area (Å²) < 4.78 is 0. The highest BCUT2D eigenvalue weighted by atomic mass is 14.8. The first-order chi connectivity index (χ1) is 14.8. The molecule has 0 heterocycles. The Morgan fingerprint density at radius 2 is 1.10 bits per heavy atom. The predicted octanol–water partition coefficient (Wildman–Crippen LogP) is 8.25. The van der Waals surface area contributed by atoms with Crippen LogP contribution >= 0.6 is 0 Å². The van der Waals surface area contributed by atoms with Crippen molar-refractivity contribution in [1.82, 2.24) is 0 Å². The molecule has 0 fully saturated rings. The molecule has 2 nitrogen and oxygen atoms in total. The van der Waals surface area contributed by atoms with Crippen LogP contribution in [0.4, 0.5) is 11.4 Å². The molecular formula is C29H42N2. The van der Waals surface area contributed by atoms with Gasteiger partial charge in [0.15, 0.2) is 0 Å². The number of hydrogen-bond acceptors (Lipinski definition) is 2. The first-order valence-corrected chi connectivity index (χ1v) is 12.2. The van der Waals surface area contributed by atoms with Crippen LogP contribution in [0.1, 0.15) is 102 Å². The number of nitrogens with two attached hydrogens (primary N) is 1. The van der Waals surface area contributed by atoms with Crippen molar-refractivity contribution in [2.75, 3.05) is 5.73 Å². The fourth-order valence-corrected chi connectivity index (χ4v) is 4.20. The van der Waals surface area contributed by atoms with Crippen molar-refractivity contribution in [2.24, 2.45) is 4.99 Å². The highest BCUT2D eigenvalue weighted by molar-refractivity contribution is 5.88. The molecule has 0 aliphatic carbocycles. The smallest absolute Gasteiger partial charge is 0.0693 e. The number of hydrogen-bond donors (Lipinski definition) is 1. The third-order valence-electron chi connectivity index (χ3n) is 6.49. The quantitative estimate of drug-likeness (QED) is 0.323. The molecule has 0 unspecified atom stereocenters. The molecule has 0 aliphatic rings. The number of allylic oxidation sites excluding steroid dienone is 1. The van der Waals surface area contributed by atoms with Crippen LogP contribution in [-0.4, -0.2) is 5.71 Å². The molecule has 0 atom stereocenters. The zero-order valence-electron chi connectivity index (χ0n) is 21.1. The van der Waals surface area contributed by atoms with Crippen LogP contribution in [0, 0.1) is 0 Å². The molecule has 0 amide bonds. The van der Waals surface area contributed by atoms with Gasteiger partial charge in [0.25, 0.3) is 0 Å². The van der Waals surface area contributed by atoms with Crippen LogP contribution in [0.2, 0.25) is 0 Å². The summed E-state index contributed by atoms with van der Waals surface area (Å²) in [6.45, 7) is 17.7. The molecule has 0 saturated carbocycles.